The van der Waals surface area contributed by atoms with Crippen LogP contribution in [0.3, 0.4) is 0 Å². The number of carboxylic acids is 1. The number of carbonyl (C=O) groups is 8. The van der Waals surface area contributed by atoms with Gasteiger partial charge in [-0.15, -0.1) is 0 Å². The Bertz CT molecular complexity index is 3420. The van der Waals surface area contributed by atoms with E-state index in [2.05, 4.69) is 51.8 Å². The molecule has 0 saturated carbocycles. The van der Waals surface area contributed by atoms with Crippen molar-refractivity contribution in [3.63, 3.8) is 0 Å². The van der Waals surface area contributed by atoms with Gasteiger partial charge in [0.05, 0.1) is 12.5 Å². The van der Waals surface area contributed by atoms with Crippen LogP contribution in [0, 0.1) is 5.92 Å². The van der Waals surface area contributed by atoms with E-state index in [4.69, 9.17) is 22.9 Å². The van der Waals surface area contributed by atoms with Crippen molar-refractivity contribution in [1.29, 1.82) is 0 Å². The molecule has 0 fully saturated rings. The lowest BCUT2D eigenvalue weighted by molar-refractivity contribution is -0.140. The van der Waals surface area contributed by atoms with Crippen LogP contribution in [-0.2, 0) is 64.0 Å². The van der Waals surface area contributed by atoms with E-state index >= 15 is 0 Å². The Morgan fingerprint density at radius 2 is 0.914 bits per heavy atom. The maximum absolute atomic E-state index is 15.0. The topological polar surface area (TPSA) is 413 Å². The number of amides is 7. The quantitative estimate of drug-likeness (QED) is 0.0185. The standard InChI is InChI=1S/C57H68N14O10/c1-30(2)49(71-55(80)47(25-34-29-65-42-15-8-5-12-38(34)42)69-52(77)44(22-31-17-19-35(72)20-18-31)67-51(76)39(58)26-48(73)74)56(81)70-46(24-33-28-64-41-14-7-4-11-37(33)41)54(79)68-45(23-32-27-63-40-13-6-3-10-36(32)40)53(78)66-43(50(59)75)16-9-21-62-57(60)61/h3-8,10-15,17-20,27-30,39,43-47,49,63-65,72H,9,16,21-26,58H2,1-2H3,(H2,59,75)(H,66,78)(H,67,76)(H,68,79)(H,69,77)(H,70,81)(H,71,80)(H,73,74)(H4,60,61,62). The molecule has 3 heterocycles. The first-order valence-corrected chi connectivity index (χ1v) is 26.3. The highest BCUT2D eigenvalue weighted by Crippen LogP contribution is 2.23. The molecular formula is C57H68N14O10. The molecule has 81 heavy (non-hydrogen) atoms. The second kappa shape index (κ2) is 27.2. The Labute approximate surface area is 465 Å². The molecule has 0 aliphatic carbocycles. The Morgan fingerprint density at radius 1 is 0.519 bits per heavy atom. The number of benzene rings is 4. The number of nitrogens with zero attached hydrogens (tertiary/aromatic N) is 1. The van der Waals surface area contributed by atoms with E-state index in [1.807, 2.05) is 66.7 Å². The van der Waals surface area contributed by atoms with Gasteiger partial charge in [-0.25, -0.2) is 0 Å². The van der Waals surface area contributed by atoms with Crippen molar-refractivity contribution in [1.82, 2.24) is 46.9 Å². The number of primary amides is 1. The maximum atomic E-state index is 15.0. The number of carbonyl (C=O) groups excluding carboxylic acids is 7. The summed E-state index contributed by atoms with van der Waals surface area (Å²) >= 11 is 0. The first-order valence-electron chi connectivity index (χ1n) is 26.3. The first kappa shape index (κ1) is 59.0. The second-order valence-corrected chi connectivity index (χ2v) is 20.2. The molecule has 3 aromatic heterocycles. The summed E-state index contributed by atoms with van der Waals surface area (Å²) in [5.74, 6) is -8.02. The number of aliphatic imine (C=N–C) groups is 1. The number of nitrogens with one attached hydrogen (secondary N) is 9. The Morgan fingerprint density at radius 3 is 1.33 bits per heavy atom. The van der Waals surface area contributed by atoms with Gasteiger partial charge < -0.3 is 80.0 Å². The van der Waals surface area contributed by atoms with E-state index in [1.54, 1.807) is 38.5 Å². The summed E-state index contributed by atoms with van der Waals surface area (Å²) in [6.07, 6.45) is 4.19. The van der Waals surface area contributed by atoms with Crippen molar-refractivity contribution >= 4 is 86.0 Å². The third kappa shape index (κ3) is 16.0. The van der Waals surface area contributed by atoms with Gasteiger partial charge >= 0.3 is 5.97 Å². The summed E-state index contributed by atoms with van der Waals surface area (Å²) in [4.78, 5) is 125. The Kier molecular flexibility index (Phi) is 19.8. The lowest BCUT2D eigenvalue weighted by Crippen LogP contribution is -2.61. The lowest BCUT2D eigenvalue weighted by Gasteiger charge is -2.29. The average Bonchev–Trinajstić information content (AvgIpc) is 4.23. The van der Waals surface area contributed by atoms with Crippen LogP contribution < -0.4 is 54.8 Å². The number of aromatic hydroxyl groups is 1. The summed E-state index contributed by atoms with van der Waals surface area (Å²) in [5, 5.41) is 38.0. The van der Waals surface area contributed by atoms with Crippen molar-refractivity contribution in [2.24, 2.45) is 33.8 Å². The highest BCUT2D eigenvalue weighted by atomic mass is 16.4. The number of fused-ring (bicyclic) bond motifs is 3. The minimum Gasteiger partial charge on any atom is -0.508 e. The number of aromatic nitrogens is 3. The molecule has 0 bridgehead atoms. The van der Waals surface area contributed by atoms with Crippen LogP contribution in [0.25, 0.3) is 32.7 Å². The van der Waals surface area contributed by atoms with Gasteiger partial charge in [0.1, 0.15) is 42.0 Å². The number of para-hydroxylation sites is 3. The third-order valence-corrected chi connectivity index (χ3v) is 13.8. The molecule has 24 nitrogen and oxygen atoms in total. The number of phenols is 1. The number of hydrogen-bond acceptors (Lipinski definition) is 11. The van der Waals surface area contributed by atoms with E-state index in [1.165, 1.54) is 24.3 Å². The number of rotatable bonds is 28. The first-order chi connectivity index (χ1) is 38.7. The minimum absolute atomic E-state index is 0.0614. The molecule has 0 aliphatic heterocycles. The predicted octanol–water partition coefficient (Wildman–Crippen LogP) is 1.01. The van der Waals surface area contributed by atoms with Crippen LogP contribution in [-0.4, -0.2) is 127 Å². The highest BCUT2D eigenvalue weighted by molar-refractivity contribution is 5.99. The summed E-state index contributed by atoms with van der Waals surface area (Å²) in [7, 11) is 0. The van der Waals surface area contributed by atoms with Gasteiger partial charge in [-0.05, 0) is 71.3 Å². The smallest absolute Gasteiger partial charge is 0.305 e. The monoisotopic (exact) mass is 1110 g/mol. The van der Waals surface area contributed by atoms with E-state index in [0.717, 1.165) is 32.7 Å². The fraction of sp³-hybridized carbons (Fsp3) is 0.316. The predicted molar refractivity (Wildman–Crippen MR) is 304 cm³/mol. The zero-order chi connectivity index (χ0) is 58.3. The Balaban J connectivity index is 1.18. The number of nitrogens with two attached hydrogens (primary N) is 4. The summed E-state index contributed by atoms with van der Waals surface area (Å²) in [6, 6.07) is 18.1. The van der Waals surface area contributed by atoms with Crippen molar-refractivity contribution in [3.8, 4) is 5.75 Å². The van der Waals surface area contributed by atoms with Crippen LogP contribution in [0.5, 0.6) is 5.75 Å². The number of aliphatic carboxylic acids is 1. The number of hydrogen-bond donors (Lipinski definition) is 15. The van der Waals surface area contributed by atoms with E-state index in [-0.39, 0.29) is 56.8 Å². The van der Waals surface area contributed by atoms with Crippen molar-refractivity contribution < 1.29 is 48.6 Å². The number of guanidine groups is 1. The second-order valence-electron chi connectivity index (χ2n) is 20.2. The summed E-state index contributed by atoms with van der Waals surface area (Å²) in [5.41, 5.74) is 27.2. The zero-order valence-corrected chi connectivity index (χ0v) is 44.7. The molecule has 426 valence electrons. The van der Waals surface area contributed by atoms with E-state index in [9.17, 15) is 48.6 Å². The Hall–Kier alpha value is -9.71. The van der Waals surface area contributed by atoms with Crippen molar-refractivity contribution in [3.05, 3.63) is 138 Å². The van der Waals surface area contributed by atoms with Crippen molar-refractivity contribution in [2.45, 2.75) is 101 Å². The fourth-order valence-corrected chi connectivity index (χ4v) is 9.48. The average molecular weight is 1110 g/mol. The van der Waals surface area contributed by atoms with Crippen molar-refractivity contribution in [2.75, 3.05) is 6.54 Å². The number of phenolic OH excluding ortho intramolecular Hbond substituents is 1. The number of aromatic amines is 3. The molecule has 19 N–H and O–H groups in total. The van der Waals surface area contributed by atoms with Gasteiger partial charge in [0.25, 0.3) is 0 Å². The molecule has 4 aromatic carbocycles. The molecule has 7 amide bonds. The largest absolute Gasteiger partial charge is 0.508 e. The molecule has 7 unspecified atom stereocenters. The SMILES string of the molecule is CC(C)C(NC(=O)C(Cc1c[nH]c2ccccc12)NC(=O)C(Cc1ccc(O)cc1)NC(=O)C(N)CC(=O)O)C(=O)NC(Cc1c[nH]c2ccccc12)C(=O)NC(Cc1c[nH]c2ccccc12)C(=O)NC(CCCN=C(N)N)C(N)=O. The molecule has 0 saturated heterocycles. The zero-order valence-electron chi connectivity index (χ0n) is 44.7. The van der Waals surface area contributed by atoms with Gasteiger partial charge in [-0.3, -0.25) is 43.3 Å². The van der Waals surface area contributed by atoms with Gasteiger partial charge in [0.15, 0.2) is 5.96 Å². The molecule has 24 heteroatoms. The van der Waals surface area contributed by atoms with Gasteiger partial charge in [0, 0.05) is 83.5 Å². The summed E-state index contributed by atoms with van der Waals surface area (Å²) < 4.78 is 0. The number of carboxylic acid groups (broad SMARTS) is 1. The fourth-order valence-electron chi connectivity index (χ4n) is 9.48. The van der Waals surface area contributed by atoms with E-state index in [0.29, 0.717) is 22.3 Å². The molecule has 7 atom stereocenters. The lowest BCUT2D eigenvalue weighted by atomic mass is 9.98. The minimum atomic E-state index is -1.54. The summed E-state index contributed by atoms with van der Waals surface area (Å²) in [6.45, 7) is 3.49. The molecule has 0 radical (unpaired) electrons. The van der Waals surface area contributed by atoms with E-state index < -0.39 is 102 Å². The van der Waals surface area contributed by atoms with Gasteiger partial charge in [0.2, 0.25) is 41.4 Å². The van der Waals surface area contributed by atoms with Crippen LogP contribution in [0.2, 0.25) is 0 Å². The molecule has 0 spiro atoms. The molecular weight excluding hydrogens is 1040 g/mol. The van der Waals surface area contributed by atoms with Crippen LogP contribution in [0.4, 0.5) is 0 Å². The maximum Gasteiger partial charge on any atom is 0.305 e. The highest BCUT2D eigenvalue weighted by Gasteiger charge is 2.36. The molecule has 7 aromatic rings. The third-order valence-electron chi connectivity index (χ3n) is 13.8. The van der Waals surface area contributed by atoms with Crippen LogP contribution in [0.1, 0.15) is 55.4 Å². The normalized spacial score (nSPS) is 13.9. The van der Waals surface area contributed by atoms with Crippen LogP contribution in [0.15, 0.2) is 121 Å². The van der Waals surface area contributed by atoms with Crippen LogP contribution >= 0.6 is 0 Å². The molecule has 0 aliphatic rings. The van der Waals surface area contributed by atoms with Gasteiger partial charge in [-0.2, -0.15) is 0 Å². The number of H-pyrrole nitrogens is 3. The molecule has 7 rings (SSSR count). The van der Waals surface area contributed by atoms with Gasteiger partial charge in [-0.1, -0.05) is 80.6 Å².